The fourth-order valence-electron chi connectivity index (χ4n) is 2.23. The van der Waals surface area contributed by atoms with E-state index in [-0.39, 0.29) is 23.8 Å². The van der Waals surface area contributed by atoms with Crippen LogP contribution in [0.25, 0.3) is 0 Å². The first kappa shape index (κ1) is 14.3. The van der Waals surface area contributed by atoms with Crippen LogP contribution in [0.2, 0.25) is 0 Å². The summed E-state index contributed by atoms with van der Waals surface area (Å²) in [6.45, 7) is 4.26. The Labute approximate surface area is 113 Å². The fraction of sp³-hybridized carbons (Fsp3) is 0.846. The summed E-state index contributed by atoms with van der Waals surface area (Å²) in [5.41, 5.74) is 0. The van der Waals surface area contributed by atoms with E-state index in [0.29, 0.717) is 32.2 Å². The van der Waals surface area contributed by atoms with E-state index in [1.54, 1.807) is 0 Å². The van der Waals surface area contributed by atoms with Crippen molar-refractivity contribution in [1.29, 1.82) is 0 Å². The molecule has 2 fully saturated rings. The van der Waals surface area contributed by atoms with Crippen LogP contribution in [0.1, 0.15) is 26.2 Å². The monoisotopic (exact) mass is 269 g/mol. The Morgan fingerprint density at radius 2 is 2.05 bits per heavy atom. The Morgan fingerprint density at radius 3 is 2.74 bits per heavy atom. The molecular weight excluding hydrogens is 246 g/mol. The summed E-state index contributed by atoms with van der Waals surface area (Å²) in [6, 6.07) is 0.467. The lowest BCUT2D eigenvalue weighted by Gasteiger charge is -2.17. The van der Waals surface area contributed by atoms with E-state index in [1.807, 2.05) is 6.92 Å². The number of ether oxygens (including phenoxy) is 1. The highest BCUT2D eigenvalue weighted by Crippen LogP contribution is 2.18. The van der Waals surface area contributed by atoms with Crippen molar-refractivity contribution in [3.63, 3.8) is 0 Å². The van der Waals surface area contributed by atoms with Crippen LogP contribution in [0, 0.1) is 5.92 Å². The molecule has 19 heavy (non-hydrogen) atoms. The van der Waals surface area contributed by atoms with Crippen LogP contribution < -0.4 is 16.0 Å². The number of hydrogen-bond acceptors (Lipinski definition) is 4. The average Bonchev–Trinajstić information content (AvgIpc) is 3.06. The molecular formula is C13H23N3O3. The van der Waals surface area contributed by atoms with Crippen LogP contribution >= 0.6 is 0 Å². The number of nitrogens with one attached hydrogen (secondary N) is 3. The molecule has 2 rings (SSSR count). The number of rotatable bonds is 7. The van der Waals surface area contributed by atoms with Gasteiger partial charge >= 0.3 is 0 Å². The van der Waals surface area contributed by atoms with Crippen LogP contribution in [0.5, 0.6) is 0 Å². The lowest BCUT2D eigenvalue weighted by Crippen LogP contribution is -2.44. The van der Waals surface area contributed by atoms with Crippen molar-refractivity contribution in [2.75, 3.05) is 26.3 Å². The van der Waals surface area contributed by atoms with Crippen molar-refractivity contribution in [3.8, 4) is 0 Å². The Hall–Kier alpha value is -1.14. The highest BCUT2D eigenvalue weighted by molar-refractivity contribution is 5.81. The largest absolute Gasteiger partial charge is 0.379 e. The van der Waals surface area contributed by atoms with Crippen molar-refractivity contribution >= 4 is 11.8 Å². The molecule has 2 unspecified atom stereocenters. The lowest BCUT2D eigenvalue weighted by atomic mass is 10.0. The Bertz CT molecular complexity index is 331. The van der Waals surface area contributed by atoms with Crippen molar-refractivity contribution < 1.29 is 14.3 Å². The zero-order valence-corrected chi connectivity index (χ0v) is 11.4. The Balaban J connectivity index is 1.64. The van der Waals surface area contributed by atoms with Gasteiger partial charge < -0.3 is 20.7 Å². The predicted molar refractivity (Wildman–Crippen MR) is 70.6 cm³/mol. The zero-order chi connectivity index (χ0) is 13.7. The van der Waals surface area contributed by atoms with Gasteiger partial charge in [0.05, 0.1) is 19.1 Å². The van der Waals surface area contributed by atoms with E-state index in [4.69, 9.17) is 4.74 Å². The van der Waals surface area contributed by atoms with Crippen LogP contribution in [0.3, 0.4) is 0 Å². The van der Waals surface area contributed by atoms with Crippen LogP contribution in [0.4, 0.5) is 0 Å². The molecule has 2 amide bonds. The molecule has 0 spiro atoms. The maximum Gasteiger partial charge on any atom is 0.227 e. The van der Waals surface area contributed by atoms with Crippen LogP contribution in [-0.2, 0) is 14.3 Å². The van der Waals surface area contributed by atoms with Crippen LogP contribution in [0.15, 0.2) is 0 Å². The molecule has 1 saturated carbocycles. The summed E-state index contributed by atoms with van der Waals surface area (Å²) in [4.78, 5) is 23.4. The van der Waals surface area contributed by atoms with Gasteiger partial charge in [0.25, 0.3) is 0 Å². The number of carbonyl (C=O) groups excluding carboxylic acids is 2. The third-order valence-electron chi connectivity index (χ3n) is 3.48. The molecule has 0 aromatic carbocycles. The maximum atomic E-state index is 12.0. The zero-order valence-electron chi connectivity index (χ0n) is 11.4. The van der Waals surface area contributed by atoms with E-state index in [2.05, 4.69) is 16.0 Å². The van der Waals surface area contributed by atoms with E-state index in [0.717, 1.165) is 19.4 Å². The molecule has 3 N–H and O–H groups in total. The predicted octanol–water partition coefficient (Wildman–Crippen LogP) is -0.604. The summed E-state index contributed by atoms with van der Waals surface area (Å²) >= 11 is 0. The van der Waals surface area contributed by atoms with Gasteiger partial charge in [-0.25, -0.2) is 0 Å². The number of likely N-dealkylation sites (N-methyl/N-ethyl adjacent to an activating group) is 1. The first-order valence-electron chi connectivity index (χ1n) is 7.09. The Morgan fingerprint density at radius 1 is 1.26 bits per heavy atom. The molecule has 6 heteroatoms. The van der Waals surface area contributed by atoms with Gasteiger partial charge in [-0.3, -0.25) is 9.59 Å². The van der Waals surface area contributed by atoms with Gasteiger partial charge in [-0.05, 0) is 19.4 Å². The molecule has 0 radical (unpaired) electrons. The van der Waals surface area contributed by atoms with E-state index < -0.39 is 0 Å². The molecule has 1 aliphatic heterocycles. The summed E-state index contributed by atoms with van der Waals surface area (Å²) in [5.74, 6) is -0.150. The number of carbonyl (C=O) groups is 2. The second-order valence-electron chi connectivity index (χ2n) is 5.19. The van der Waals surface area contributed by atoms with Gasteiger partial charge in [-0.1, -0.05) is 6.92 Å². The standard InChI is InChI=1S/C13H23N3O3/c1-2-14-11-8-19-7-10(11)13(18)15-6-5-12(17)16-9-3-4-9/h9-11,14H,2-8H2,1H3,(H,15,18)(H,16,17). The smallest absolute Gasteiger partial charge is 0.227 e. The molecule has 1 aliphatic carbocycles. The maximum absolute atomic E-state index is 12.0. The molecule has 2 atom stereocenters. The molecule has 108 valence electrons. The van der Waals surface area contributed by atoms with Crippen molar-refractivity contribution in [2.45, 2.75) is 38.3 Å². The summed E-state index contributed by atoms with van der Waals surface area (Å²) < 4.78 is 5.33. The molecule has 1 saturated heterocycles. The van der Waals surface area contributed by atoms with Crippen molar-refractivity contribution in [1.82, 2.24) is 16.0 Å². The van der Waals surface area contributed by atoms with E-state index in [9.17, 15) is 9.59 Å². The van der Waals surface area contributed by atoms with E-state index >= 15 is 0 Å². The van der Waals surface area contributed by atoms with E-state index in [1.165, 1.54) is 0 Å². The topological polar surface area (TPSA) is 79.5 Å². The highest BCUT2D eigenvalue weighted by atomic mass is 16.5. The van der Waals surface area contributed by atoms with Gasteiger partial charge in [0, 0.05) is 25.0 Å². The summed E-state index contributed by atoms with van der Waals surface area (Å²) in [6.07, 6.45) is 2.52. The minimum atomic E-state index is -0.147. The lowest BCUT2D eigenvalue weighted by molar-refractivity contribution is -0.125. The number of amides is 2. The van der Waals surface area contributed by atoms with Crippen molar-refractivity contribution in [3.05, 3.63) is 0 Å². The molecule has 2 aliphatic rings. The molecule has 0 aromatic rings. The van der Waals surface area contributed by atoms with Gasteiger partial charge in [-0.15, -0.1) is 0 Å². The first-order chi connectivity index (χ1) is 9.20. The van der Waals surface area contributed by atoms with Crippen LogP contribution in [-0.4, -0.2) is 50.2 Å². The molecule has 1 heterocycles. The molecule has 6 nitrogen and oxygen atoms in total. The van der Waals surface area contributed by atoms with Gasteiger partial charge in [0.2, 0.25) is 11.8 Å². The fourth-order valence-corrected chi connectivity index (χ4v) is 2.23. The highest BCUT2D eigenvalue weighted by Gasteiger charge is 2.33. The number of hydrogen-bond donors (Lipinski definition) is 3. The van der Waals surface area contributed by atoms with Gasteiger partial charge in [0.15, 0.2) is 0 Å². The molecule has 0 bridgehead atoms. The first-order valence-corrected chi connectivity index (χ1v) is 7.09. The second-order valence-corrected chi connectivity index (χ2v) is 5.19. The quantitative estimate of drug-likeness (QED) is 0.576. The average molecular weight is 269 g/mol. The van der Waals surface area contributed by atoms with Crippen molar-refractivity contribution in [2.24, 2.45) is 5.92 Å². The minimum absolute atomic E-state index is 0.0219. The minimum Gasteiger partial charge on any atom is -0.379 e. The Kier molecular flexibility index (Phi) is 5.15. The third-order valence-corrected chi connectivity index (χ3v) is 3.48. The summed E-state index contributed by atoms with van der Waals surface area (Å²) in [5, 5.41) is 8.96. The molecule has 0 aromatic heterocycles. The third kappa shape index (κ3) is 4.47. The second kappa shape index (κ2) is 6.86. The van der Waals surface area contributed by atoms with Gasteiger partial charge in [0.1, 0.15) is 0 Å². The normalized spacial score (nSPS) is 26.2. The summed E-state index contributed by atoms with van der Waals surface area (Å²) in [7, 11) is 0. The SMILES string of the molecule is CCNC1COCC1C(=O)NCCC(=O)NC1CC1. The van der Waals surface area contributed by atoms with Gasteiger partial charge in [-0.2, -0.15) is 0 Å².